The molecule has 0 saturated heterocycles. The van der Waals surface area contributed by atoms with Crippen LogP contribution in [0.15, 0.2) is 29.2 Å². The van der Waals surface area contributed by atoms with Crippen molar-refractivity contribution in [1.29, 1.82) is 0 Å². The number of hydrogen-bond acceptors (Lipinski definition) is 3. The SMILES string of the molecule is CC(N)CCCCS(=O)(=O)c1ccc(C(F)(F)F)cc1. The molecule has 0 radical (unpaired) electrons. The van der Waals surface area contributed by atoms with E-state index < -0.39 is 21.6 Å². The minimum Gasteiger partial charge on any atom is -0.328 e. The summed E-state index contributed by atoms with van der Waals surface area (Å²) in [5, 5.41) is 0. The van der Waals surface area contributed by atoms with Gasteiger partial charge in [0.2, 0.25) is 0 Å². The van der Waals surface area contributed by atoms with Crippen molar-refractivity contribution < 1.29 is 21.6 Å². The van der Waals surface area contributed by atoms with Gasteiger partial charge in [0.05, 0.1) is 16.2 Å². The standard InChI is InChI=1S/C13H18F3NO2S/c1-10(17)4-2-3-9-20(18,19)12-7-5-11(6-8-12)13(14,15)16/h5-8,10H,2-4,9,17H2,1H3. The molecule has 0 amide bonds. The Morgan fingerprint density at radius 1 is 1.15 bits per heavy atom. The van der Waals surface area contributed by atoms with E-state index in [0.717, 1.165) is 30.7 Å². The van der Waals surface area contributed by atoms with E-state index in [1.165, 1.54) is 0 Å². The van der Waals surface area contributed by atoms with Crippen molar-refractivity contribution in [1.82, 2.24) is 0 Å². The predicted octanol–water partition coefficient (Wildman–Crippen LogP) is 3.00. The Morgan fingerprint density at radius 2 is 1.70 bits per heavy atom. The molecule has 0 bridgehead atoms. The fraction of sp³-hybridized carbons (Fsp3) is 0.538. The lowest BCUT2D eigenvalue weighted by atomic mass is 10.2. The molecule has 2 N–H and O–H groups in total. The third-order valence-corrected chi connectivity index (χ3v) is 4.68. The predicted molar refractivity (Wildman–Crippen MR) is 71.0 cm³/mol. The number of unbranched alkanes of at least 4 members (excludes halogenated alkanes) is 1. The molecule has 0 aliphatic rings. The molecule has 20 heavy (non-hydrogen) atoms. The van der Waals surface area contributed by atoms with Gasteiger partial charge in [-0.2, -0.15) is 13.2 Å². The third kappa shape index (κ3) is 5.13. The van der Waals surface area contributed by atoms with E-state index in [9.17, 15) is 21.6 Å². The number of halogens is 3. The van der Waals surface area contributed by atoms with Crippen molar-refractivity contribution in [2.45, 2.75) is 43.3 Å². The maximum atomic E-state index is 12.4. The highest BCUT2D eigenvalue weighted by Gasteiger charge is 2.30. The van der Waals surface area contributed by atoms with E-state index >= 15 is 0 Å². The number of nitrogens with two attached hydrogens (primary N) is 1. The van der Waals surface area contributed by atoms with Gasteiger partial charge in [0.15, 0.2) is 9.84 Å². The zero-order valence-corrected chi connectivity index (χ0v) is 12.0. The Hall–Kier alpha value is -1.08. The van der Waals surface area contributed by atoms with Crippen LogP contribution < -0.4 is 5.73 Å². The molecular weight excluding hydrogens is 291 g/mol. The molecule has 0 aliphatic heterocycles. The Bertz CT molecular complexity index is 522. The summed E-state index contributed by atoms with van der Waals surface area (Å²) in [6.45, 7) is 1.84. The zero-order valence-electron chi connectivity index (χ0n) is 11.2. The third-order valence-electron chi connectivity index (χ3n) is 2.86. The smallest absolute Gasteiger partial charge is 0.328 e. The number of hydrogen-bond donors (Lipinski definition) is 1. The van der Waals surface area contributed by atoms with Crippen LogP contribution in [-0.4, -0.2) is 20.2 Å². The lowest BCUT2D eigenvalue weighted by Gasteiger charge is -2.09. The Balaban J connectivity index is 2.69. The highest BCUT2D eigenvalue weighted by Crippen LogP contribution is 2.29. The molecule has 7 heteroatoms. The quantitative estimate of drug-likeness (QED) is 0.822. The summed E-state index contributed by atoms with van der Waals surface area (Å²) in [7, 11) is -3.53. The second-order valence-electron chi connectivity index (χ2n) is 4.81. The van der Waals surface area contributed by atoms with Crippen LogP contribution in [0, 0.1) is 0 Å². The maximum absolute atomic E-state index is 12.4. The van der Waals surface area contributed by atoms with Crippen LogP contribution in [0.25, 0.3) is 0 Å². The van der Waals surface area contributed by atoms with Gasteiger partial charge < -0.3 is 5.73 Å². The van der Waals surface area contributed by atoms with Crippen LogP contribution in [0.2, 0.25) is 0 Å². The summed E-state index contributed by atoms with van der Waals surface area (Å²) < 4.78 is 61.0. The molecule has 0 fully saturated rings. The molecule has 0 aliphatic carbocycles. The Labute approximate surface area is 116 Å². The van der Waals surface area contributed by atoms with Crippen LogP contribution in [0.3, 0.4) is 0 Å². The van der Waals surface area contributed by atoms with Crippen molar-refractivity contribution in [2.24, 2.45) is 5.73 Å². The topological polar surface area (TPSA) is 60.2 Å². The molecular formula is C13H18F3NO2S. The van der Waals surface area contributed by atoms with Gasteiger partial charge in [-0.1, -0.05) is 6.42 Å². The normalized spacial score (nSPS) is 14.2. The molecule has 0 spiro atoms. The molecule has 0 heterocycles. The summed E-state index contributed by atoms with van der Waals surface area (Å²) in [6.07, 6.45) is -2.61. The summed E-state index contributed by atoms with van der Waals surface area (Å²) in [6, 6.07) is 3.60. The average molecular weight is 309 g/mol. The first-order valence-electron chi connectivity index (χ1n) is 6.28. The van der Waals surface area contributed by atoms with Crippen LogP contribution >= 0.6 is 0 Å². The number of alkyl halides is 3. The number of rotatable bonds is 6. The van der Waals surface area contributed by atoms with E-state index in [4.69, 9.17) is 5.73 Å². The van der Waals surface area contributed by atoms with Crippen molar-refractivity contribution in [3.05, 3.63) is 29.8 Å². The van der Waals surface area contributed by atoms with E-state index in [0.29, 0.717) is 12.8 Å². The van der Waals surface area contributed by atoms with Gasteiger partial charge >= 0.3 is 6.18 Å². The van der Waals surface area contributed by atoms with E-state index in [-0.39, 0.29) is 16.7 Å². The van der Waals surface area contributed by atoms with Gasteiger partial charge in [-0.3, -0.25) is 0 Å². The lowest BCUT2D eigenvalue weighted by molar-refractivity contribution is -0.137. The second kappa shape index (κ2) is 6.58. The van der Waals surface area contributed by atoms with E-state index in [2.05, 4.69) is 0 Å². The van der Waals surface area contributed by atoms with Crippen LogP contribution in [0.4, 0.5) is 13.2 Å². The largest absolute Gasteiger partial charge is 0.416 e. The van der Waals surface area contributed by atoms with Gasteiger partial charge in [-0.05, 0) is 44.0 Å². The van der Waals surface area contributed by atoms with Crippen molar-refractivity contribution in [2.75, 3.05) is 5.75 Å². The lowest BCUT2D eigenvalue weighted by Crippen LogP contribution is -2.15. The van der Waals surface area contributed by atoms with Crippen molar-refractivity contribution in [3.63, 3.8) is 0 Å². The molecule has 1 aromatic carbocycles. The first-order chi connectivity index (χ1) is 9.13. The van der Waals surface area contributed by atoms with Crippen molar-refractivity contribution >= 4 is 9.84 Å². The summed E-state index contributed by atoms with van der Waals surface area (Å²) in [4.78, 5) is -0.0775. The molecule has 3 nitrogen and oxygen atoms in total. The minimum atomic E-state index is -4.46. The summed E-state index contributed by atoms with van der Waals surface area (Å²) in [5.74, 6) is -0.0783. The number of benzene rings is 1. The summed E-state index contributed by atoms with van der Waals surface area (Å²) >= 11 is 0. The number of sulfone groups is 1. The monoisotopic (exact) mass is 309 g/mol. The van der Waals surface area contributed by atoms with Crippen LogP contribution in [0.1, 0.15) is 31.7 Å². The first-order valence-corrected chi connectivity index (χ1v) is 7.94. The molecule has 1 atom stereocenters. The van der Waals surface area contributed by atoms with E-state index in [1.54, 1.807) is 0 Å². The van der Waals surface area contributed by atoms with Gasteiger partial charge in [0, 0.05) is 6.04 Å². The van der Waals surface area contributed by atoms with Crippen molar-refractivity contribution in [3.8, 4) is 0 Å². The summed E-state index contributed by atoms with van der Waals surface area (Å²) in [5.41, 5.74) is 4.70. The fourth-order valence-corrected chi connectivity index (χ4v) is 3.10. The zero-order chi connectivity index (χ0) is 15.4. The van der Waals surface area contributed by atoms with Gasteiger partial charge in [-0.25, -0.2) is 8.42 Å². The molecule has 1 unspecified atom stereocenters. The highest BCUT2D eigenvalue weighted by atomic mass is 32.2. The highest BCUT2D eigenvalue weighted by molar-refractivity contribution is 7.91. The van der Waals surface area contributed by atoms with Gasteiger partial charge in [-0.15, -0.1) is 0 Å². The molecule has 0 saturated carbocycles. The second-order valence-corrected chi connectivity index (χ2v) is 6.92. The molecule has 1 aromatic rings. The average Bonchev–Trinajstić information content (AvgIpc) is 2.34. The van der Waals surface area contributed by atoms with Gasteiger partial charge in [0.25, 0.3) is 0 Å². The fourth-order valence-electron chi connectivity index (χ4n) is 1.73. The molecule has 1 rings (SSSR count). The first kappa shape index (κ1) is 17.0. The minimum absolute atomic E-state index is 0.0174. The van der Waals surface area contributed by atoms with E-state index in [1.807, 2.05) is 6.92 Å². The molecule has 114 valence electrons. The van der Waals surface area contributed by atoms with Gasteiger partial charge in [0.1, 0.15) is 0 Å². The maximum Gasteiger partial charge on any atom is 0.416 e. The Kier molecular flexibility index (Phi) is 5.59. The Morgan fingerprint density at radius 3 is 2.15 bits per heavy atom. The van der Waals surface area contributed by atoms with Crippen LogP contribution in [-0.2, 0) is 16.0 Å². The molecule has 0 aromatic heterocycles. The van der Waals surface area contributed by atoms with Crippen LogP contribution in [0.5, 0.6) is 0 Å².